The van der Waals surface area contributed by atoms with Gasteiger partial charge >= 0.3 is 0 Å². The Morgan fingerprint density at radius 3 is 1.90 bits per heavy atom. The van der Waals surface area contributed by atoms with Crippen molar-refractivity contribution in [1.29, 1.82) is 0 Å². The fourth-order valence-electron chi connectivity index (χ4n) is 5.45. The first-order valence-corrected chi connectivity index (χ1v) is 10.3. The van der Waals surface area contributed by atoms with E-state index in [0.29, 0.717) is 11.8 Å². The topological polar surface area (TPSA) is 0 Å². The summed E-state index contributed by atoms with van der Waals surface area (Å²) in [6, 6.07) is 26.9. The molecular formula is C28H22Cl2Hf-2. The van der Waals surface area contributed by atoms with E-state index >= 15 is 0 Å². The number of hydrogen-bond donors (Lipinski definition) is 0. The Kier molecular flexibility index (Phi) is 7.63. The van der Waals surface area contributed by atoms with Crippen LogP contribution >= 0.6 is 0 Å². The van der Waals surface area contributed by atoms with Crippen molar-refractivity contribution in [2.75, 3.05) is 0 Å². The molecule has 3 aliphatic rings. The number of hydrogen-bond acceptors (Lipinski definition) is 0. The molecule has 0 heterocycles. The second kappa shape index (κ2) is 9.86. The molecule has 6 rings (SSSR count). The predicted octanol–water partition coefficient (Wildman–Crippen LogP) is -0.658. The van der Waals surface area contributed by atoms with Gasteiger partial charge in [-0.05, 0) is 51.1 Å². The fourth-order valence-corrected chi connectivity index (χ4v) is 5.45. The monoisotopic (exact) mass is 608 g/mol. The van der Waals surface area contributed by atoms with Crippen LogP contribution in [0.15, 0.2) is 97.1 Å². The summed E-state index contributed by atoms with van der Waals surface area (Å²) in [4.78, 5) is 0. The standard InChI is InChI=1S/C28H22.2ClH.Hf/c1-5-13-23-19(9-1)20-10-2-6-14-24(20)27(23)17-18-28-25-15-7-3-11-21(25)22-12-4-8-16-26(22)28;;;/h1-16,23,28H,17-18H2;2*1H;/p-2. The molecule has 154 valence electrons. The third-order valence-electron chi connectivity index (χ3n) is 6.65. The van der Waals surface area contributed by atoms with Crippen LogP contribution in [0.5, 0.6) is 0 Å². The van der Waals surface area contributed by atoms with Crippen molar-refractivity contribution >= 4 is 11.1 Å². The van der Waals surface area contributed by atoms with Crippen LogP contribution in [-0.4, -0.2) is 0 Å². The maximum Gasteiger partial charge on any atom is 0.0246 e. The molecule has 1 unspecified atom stereocenters. The second-order valence-electron chi connectivity index (χ2n) is 8.01. The maximum absolute atomic E-state index is 2.38. The van der Waals surface area contributed by atoms with Crippen LogP contribution in [-0.2, 0) is 25.8 Å². The quantitative estimate of drug-likeness (QED) is 0.347. The summed E-state index contributed by atoms with van der Waals surface area (Å²) in [5, 5.41) is 2.88. The van der Waals surface area contributed by atoms with E-state index in [0.717, 1.165) is 6.42 Å². The van der Waals surface area contributed by atoms with Crippen molar-refractivity contribution in [2.45, 2.75) is 18.8 Å². The Labute approximate surface area is 215 Å². The van der Waals surface area contributed by atoms with Crippen molar-refractivity contribution in [3.63, 3.8) is 0 Å². The van der Waals surface area contributed by atoms with E-state index in [1.807, 2.05) is 0 Å². The molecule has 0 spiro atoms. The van der Waals surface area contributed by atoms with Gasteiger partial charge in [-0.25, -0.2) is 0 Å². The minimum Gasteiger partial charge on any atom is -1.00 e. The summed E-state index contributed by atoms with van der Waals surface area (Å²) in [6.45, 7) is 0. The number of halogens is 2. The summed E-state index contributed by atoms with van der Waals surface area (Å²) in [6.07, 6.45) is 11.4. The number of rotatable bonds is 3. The van der Waals surface area contributed by atoms with Gasteiger partial charge in [0, 0.05) is 37.7 Å². The van der Waals surface area contributed by atoms with Crippen LogP contribution in [0.4, 0.5) is 0 Å². The largest absolute Gasteiger partial charge is 1.00 e. The van der Waals surface area contributed by atoms with Gasteiger partial charge in [0.2, 0.25) is 0 Å². The van der Waals surface area contributed by atoms with E-state index in [9.17, 15) is 0 Å². The first kappa shape index (κ1) is 24.0. The normalized spacial score (nSPS) is 17.0. The molecule has 31 heavy (non-hydrogen) atoms. The summed E-state index contributed by atoms with van der Waals surface area (Å²) in [5.74, 6) is 0.952. The Bertz CT molecular complexity index is 1240. The summed E-state index contributed by atoms with van der Waals surface area (Å²) >= 11 is 0. The molecule has 0 saturated carbocycles. The summed E-state index contributed by atoms with van der Waals surface area (Å²) in [5.41, 5.74) is 8.91. The smallest absolute Gasteiger partial charge is 0.0246 e. The molecule has 0 fully saturated rings. The van der Waals surface area contributed by atoms with Gasteiger partial charge in [0.05, 0.1) is 0 Å². The first-order valence-electron chi connectivity index (χ1n) is 10.3. The van der Waals surface area contributed by atoms with Crippen LogP contribution < -0.4 is 35.3 Å². The molecule has 0 aliphatic heterocycles. The van der Waals surface area contributed by atoms with Gasteiger partial charge in [0.1, 0.15) is 0 Å². The van der Waals surface area contributed by atoms with Gasteiger partial charge in [-0.2, -0.15) is 0 Å². The van der Waals surface area contributed by atoms with Gasteiger partial charge in [-0.3, -0.25) is 0 Å². The van der Waals surface area contributed by atoms with Gasteiger partial charge in [-0.15, -0.1) is 0 Å². The maximum atomic E-state index is 2.38. The molecular weight excluding hydrogens is 586 g/mol. The molecule has 0 radical (unpaired) electrons. The Morgan fingerprint density at radius 2 is 1.23 bits per heavy atom. The molecule has 0 aromatic heterocycles. The zero-order chi connectivity index (χ0) is 18.5. The Morgan fingerprint density at radius 1 is 0.645 bits per heavy atom. The van der Waals surface area contributed by atoms with Crippen LogP contribution in [0, 0.1) is 5.92 Å². The van der Waals surface area contributed by atoms with E-state index in [1.165, 1.54) is 44.7 Å². The summed E-state index contributed by atoms with van der Waals surface area (Å²) < 4.78 is 0. The molecule has 3 aromatic rings. The zero-order valence-corrected chi connectivity index (χ0v) is 22.2. The van der Waals surface area contributed by atoms with Crippen LogP contribution in [0.25, 0.3) is 22.3 Å². The first-order chi connectivity index (χ1) is 13.9. The third kappa shape index (κ3) is 3.86. The van der Waals surface area contributed by atoms with Crippen molar-refractivity contribution in [3.8, 4) is 11.1 Å². The molecule has 0 N–H and O–H groups in total. The molecule has 3 heteroatoms. The van der Waals surface area contributed by atoms with Gasteiger partial charge in [0.25, 0.3) is 0 Å². The third-order valence-corrected chi connectivity index (χ3v) is 6.65. The molecule has 3 aromatic carbocycles. The van der Waals surface area contributed by atoms with Crippen LogP contribution in [0.1, 0.15) is 29.9 Å². The van der Waals surface area contributed by atoms with Crippen molar-refractivity contribution in [1.82, 2.24) is 0 Å². The fraction of sp³-hybridized carbons (Fsp3) is 0.143. The average Bonchev–Trinajstić information content (AvgIpc) is 3.26. The van der Waals surface area contributed by atoms with Crippen molar-refractivity contribution < 1.29 is 50.7 Å². The molecule has 0 nitrogen and oxygen atoms in total. The van der Waals surface area contributed by atoms with E-state index in [4.69, 9.17) is 0 Å². The molecule has 0 bridgehead atoms. The van der Waals surface area contributed by atoms with Gasteiger partial charge < -0.3 is 24.8 Å². The SMILES string of the molecule is C1=CC2=c3ccccc3=C(CCC3c4ccccc4-c4ccccc43)C2C=C1.[Cl-].[Cl-].[Hf]. The number of fused-ring (bicyclic) bond motifs is 5. The van der Waals surface area contributed by atoms with Gasteiger partial charge in [0.15, 0.2) is 0 Å². The summed E-state index contributed by atoms with van der Waals surface area (Å²) in [7, 11) is 0. The molecule has 1 atom stereocenters. The minimum absolute atomic E-state index is 0. The van der Waals surface area contributed by atoms with Crippen molar-refractivity contribution in [3.05, 3.63) is 119 Å². The van der Waals surface area contributed by atoms with Crippen molar-refractivity contribution in [2.24, 2.45) is 5.92 Å². The van der Waals surface area contributed by atoms with E-state index < -0.39 is 0 Å². The van der Waals surface area contributed by atoms with E-state index in [-0.39, 0.29) is 50.7 Å². The van der Waals surface area contributed by atoms with Crippen LogP contribution in [0.2, 0.25) is 0 Å². The molecule has 0 amide bonds. The minimum atomic E-state index is 0. The zero-order valence-electron chi connectivity index (χ0n) is 17.1. The van der Waals surface area contributed by atoms with Crippen LogP contribution in [0.3, 0.4) is 0 Å². The number of allylic oxidation sites excluding steroid dienone is 4. The van der Waals surface area contributed by atoms with E-state index in [1.54, 1.807) is 5.57 Å². The molecule has 3 aliphatic carbocycles. The van der Waals surface area contributed by atoms with E-state index in [2.05, 4.69) is 97.1 Å². The average molecular weight is 608 g/mol. The molecule has 0 saturated heterocycles. The Balaban J connectivity index is 0.000000907. The Hall–Kier alpha value is -1.67. The van der Waals surface area contributed by atoms with Gasteiger partial charge in [-0.1, -0.05) is 103 Å². The second-order valence-corrected chi connectivity index (χ2v) is 8.01. The number of benzene rings is 3. The predicted molar refractivity (Wildman–Crippen MR) is 117 cm³/mol.